The van der Waals surface area contributed by atoms with E-state index in [1.165, 1.54) is 11.6 Å². The molecule has 7 rings (SSSR count). The number of aryl methyl sites for hydroxylation is 1. The van der Waals surface area contributed by atoms with Crippen molar-refractivity contribution < 1.29 is 18.8 Å². The third kappa shape index (κ3) is 6.69. The Balaban J connectivity index is 1.22. The summed E-state index contributed by atoms with van der Waals surface area (Å²) in [5, 5.41) is 8.12. The number of aromatic nitrogens is 5. The fraction of sp³-hybridized carbons (Fsp3) is 0.486. The zero-order valence-corrected chi connectivity index (χ0v) is 30.3. The predicted molar refractivity (Wildman–Crippen MR) is 191 cm³/mol. The van der Waals surface area contributed by atoms with Crippen LogP contribution in [0.2, 0.25) is 0 Å². The average molecular weight is 746 g/mol. The molecule has 1 saturated heterocycles. The van der Waals surface area contributed by atoms with Crippen molar-refractivity contribution in [2.24, 2.45) is 5.41 Å². The van der Waals surface area contributed by atoms with Crippen molar-refractivity contribution in [2.45, 2.75) is 97.1 Å². The van der Waals surface area contributed by atoms with Gasteiger partial charge in [-0.25, -0.2) is 19.3 Å². The van der Waals surface area contributed by atoms with E-state index >= 15 is 0 Å². The lowest BCUT2D eigenvalue weighted by Crippen LogP contribution is -2.47. The number of likely N-dealkylation sites (tertiary alicyclic amines) is 1. The number of nitrogens with zero attached hydrogens (tertiary/aromatic N) is 7. The highest BCUT2D eigenvalue weighted by atomic mass is 79.9. The molecule has 0 radical (unpaired) electrons. The van der Waals surface area contributed by atoms with Crippen LogP contribution in [0, 0.1) is 12.3 Å². The van der Waals surface area contributed by atoms with E-state index in [9.17, 15) is 18.8 Å². The summed E-state index contributed by atoms with van der Waals surface area (Å²) >= 11 is 3.46. The molecule has 1 aliphatic carbocycles. The van der Waals surface area contributed by atoms with Crippen molar-refractivity contribution in [1.29, 1.82) is 0 Å². The van der Waals surface area contributed by atoms with Crippen LogP contribution in [-0.2, 0) is 29.4 Å². The van der Waals surface area contributed by atoms with Crippen molar-refractivity contribution >= 4 is 50.2 Å². The van der Waals surface area contributed by atoms with Gasteiger partial charge in [0.2, 0.25) is 11.8 Å². The first-order chi connectivity index (χ1) is 24.1. The molecule has 3 aliphatic rings. The Bertz CT molecular complexity index is 1970. The van der Waals surface area contributed by atoms with Crippen LogP contribution in [0.25, 0.3) is 22.0 Å². The number of rotatable bonds is 5. The number of pyridine rings is 1. The molecule has 3 aromatic heterocycles. The summed E-state index contributed by atoms with van der Waals surface area (Å²) in [5.41, 5.74) is 2.98. The van der Waals surface area contributed by atoms with E-state index in [-0.39, 0.29) is 41.3 Å². The number of carbonyl (C=O) groups is 3. The second kappa shape index (κ2) is 13.9. The second-order valence-electron chi connectivity index (χ2n) is 14.2. The third-order valence-corrected chi connectivity index (χ3v) is 11.1. The van der Waals surface area contributed by atoms with E-state index in [2.05, 4.69) is 53.2 Å². The monoisotopic (exact) mass is 744 g/mol. The van der Waals surface area contributed by atoms with Crippen molar-refractivity contribution in [3.8, 4) is 11.1 Å². The number of alkyl halides is 1. The topological polar surface area (TPSA) is 126 Å². The lowest BCUT2D eigenvalue weighted by atomic mass is 9.92. The average Bonchev–Trinajstić information content (AvgIpc) is 3.49. The van der Waals surface area contributed by atoms with E-state index in [0.717, 1.165) is 57.1 Å². The lowest BCUT2D eigenvalue weighted by molar-refractivity contribution is -0.138. The van der Waals surface area contributed by atoms with Gasteiger partial charge in [-0.05, 0) is 91.3 Å². The molecule has 3 atom stereocenters. The summed E-state index contributed by atoms with van der Waals surface area (Å²) in [5.74, 6) is 0.243. The zero-order valence-electron chi connectivity index (χ0n) is 28.7. The smallest absolute Gasteiger partial charge is 0.248 e. The van der Waals surface area contributed by atoms with E-state index in [1.54, 1.807) is 36.4 Å². The van der Waals surface area contributed by atoms with Crippen LogP contribution in [0.1, 0.15) is 85.7 Å². The Hall–Kier alpha value is -4.10. The maximum Gasteiger partial charge on any atom is 0.248 e. The molecule has 11 nitrogen and oxygen atoms in total. The molecule has 1 saturated carbocycles. The normalized spacial score (nSPS) is 23.0. The largest absolute Gasteiger partial charge is 0.325 e. The second-order valence-corrected chi connectivity index (χ2v) is 15.0. The van der Waals surface area contributed by atoms with Crippen molar-refractivity contribution in [3.63, 3.8) is 0 Å². The van der Waals surface area contributed by atoms with Crippen molar-refractivity contribution in [1.82, 2.24) is 34.5 Å². The van der Waals surface area contributed by atoms with Gasteiger partial charge in [0.1, 0.15) is 41.2 Å². The number of nitrogens with one attached hydrogen (secondary N) is 1. The number of anilines is 1. The maximum atomic E-state index is 14.7. The van der Waals surface area contributed by atoms with E-state index in [4.69, 9.17) is 0 Å². The lowest BCUT2D eigenvalue weighted by Gasteiger charge is -2.27. The zero-order chi connectivity index (χ0) is 35.2. The molecule has 262 valence electrons. The van der Waals surface area contributed by atoms with E-state index < -0.39 is 12.7 Å². The molecule has 2 fully saturated rings. The molecular formula is C37H42BrFN8O3. The molecule has 1 spiro atoms. The number of benzene rings is 1. The van der Waals surface area contributed by atoms with Crippen molar-refractivity contribution in [3.05, 3.63) is 63.9 Å². The van der Waals surface area contributed by atoms with Gasteiger partial charge in [0.15, 0.2) is 5.78 Å². The number of fused-ring (bicyclic) bond motifs is 3. The molecule has 2 bridgehead atoms. The third-order valence-electron chi connectivity index (χ3n) is 10.6. The molecule has 1 N–H and O–H groups in total. The Morgan fingerprint density at radius 3 is 2.58 bits per heavy atom. The number of halogens is 2. The van der Waals surface area contributed by atoms with Crippen LogP contribution in [0.3, 0.4) is 0 Å². The number of amides is 2. The minimum absolute atomic E-state index is 0.0644. The fourth-order valence-corrected chi connectivity index (χ4v) is 8.34. The molecule has 1 unspecified atom stereocenters. The number of piperidine rings is 1. The van der Waals surface area contributed by atoms with Gasteiger partial charge >= 0.3 is 0 Å². The van der Waals surface area contributed by atoms with Crippen molar-refractivity contribution in [2.75, 3.05) is 18.9 Å². The minimum Gasteiger partial charge on any atom is -0.325 e. The molecule has 50 heavy (non-hydrogen) atoms. The molecule has 2 aliphatic heterocycles. The Kier molecular flexibility index (Phi) is 9.55. The first kappa shape index (κ1) is 34.4. The molecular weight excluding hydrogens is 703 g/mol. The summed E-state index contributed by atoms with van der Waals surface area (Å²) in [6.45, 7) is 3.73. The molecule has 5 heterocycles. The van der Waals surface area contributed by atoms with Gasteiger partial charge in [-0.3, -0.25) is 19.1 Å². The van der Waals surface area contributed by atoms with Gasteiger partial charge < -0.3 is 15.1 Å². The molecule has 1 aromatic carbocycles. The summed E-state index contributed by atoms with van der Waals surface area (Å²) in [6, 6.07) is 6.56. The summed E-state index contributed by atoms with van der Waals surface area (Å²) < 4.78 is 16.8. The Labute approximate surface area is 299 Å². The maximum absolute atomic E-state index is 14.7. The van der Waals surface area contributed by atoms with E-state index in [0.29, 0.717) is 56.8 Å². The van der Waals surface area contributed by atoms with Crippen LogP contribution in [0.15, 0.2) is 41.3 Å². The van der Waals surface area contributed by atoms with Crippen LogP contribution in [0.4, 0.5) is 10.2 Å². The van der Waals surface area contributed by atoms with Crippen LogP contribution in [-0.4, -0.2) is 77.8 Å². The highest BCUT2D eigenvalue weighted by Crippen LogP contribution is 2.62. The van der Waals surface area contributed by atoms with Gasteiger partial charge in [0.05, 0.1) is 5.52 Å². The summed E-state index contributed by atoms with van der Waals surface area (Å²) in [4.78, 5) is 58.5. The standard InChI is InChI=1S/C37H42BrFN8O3/c1-22(48)33-28-14-25(27-18-40-23(2)41-19-27)13-26(17-39)34(28)46(44-33)21-32(49)47-29-15-37(16-30(37)47)11-7-5-4-6-8-12-45(3)20-24-9-10-31(38)42-35(24)43-36(29)50/h9-10,13-14,18-19,29-30H,4-8,11-12,15-17,20-21H2,1-3H3,(H,42,43,50)/t29-,30?,37-/m0/s1. The van der Waals surface area contributed by atoms with Crippen LogP contribution in [0.5, 0.6) is 0 Å². The number of carbonyl (C=O) groups excluding carboxylic acids is 3. The number of Topliss-reactive ketones (excluding diaryl/α,β-unsaturated/α-hetero) is 1. The number of hydrogen-bond donors (Lipinski definition) is 1. The SMILES string of the molecule is CC(=O)c1nn(CC(=O)N2C3C[C@@]34CCCCCCCN(C)Cc3ccc(Br)nc3NC(=O)[C@@H]2C4)c2c(CF)cc(-c3cnc(C)nc3)cc12. The summed E-state index contributed by atoms with van der Waals surface area (Å²) in [7, 11) is 2.08. The molecule has 2 amide bonds. The quantitative estimate of drug-likeness (QED) is 0.184. The Morgan fingerprint density at radius 1 is 1.06 bits per heavy atom. The van der Waals surface area contributed by atoms with Gasteiger partial charge in [0.25, 0.3) is 0 Å². The van der Waals surface area contributed by atoms with Gasteiger partial charge in [-0.15, -0.1) is 0 Å². The first-order valence-corrected chi connectivity index (χ1v) is 18.2. The summed E-state index contributed by atoms with van der Waals surface area (Å²) in [6.07, 6.45) is 11.3. The van der Waals surface area contributed by atoms with Crippen LogP contribution >= 0.6 is 15.9 Å². The van der Waals surface area contributed by atoms with Crippen LogP contribution < -0.4 is 5.32 Å². The Morgan fingerprint density at radius 2 is 1.82 bits per heavy atom. The first-order valence-electron chi connectivity index (χ1n) is 17.4. The molecule has 13 heteroatoms. The number of hydrogen-bond acceptors (Lipinski definition) is 8. The number of ketones is 1. The van der Waals surface area contributed by atoms with Gasteiger partial charge in [-0.1, -0.05) is 31.7 Å². The fourth-order valence-electron chi connectivity index (χ4n) is 8.03. The minimum atomic E-state index is -0.827. The van der Waals surface area contributed by atoms with Gasteiger partial charge in [-0.2, -0.15) is 5.10 Å². The highest BCUT2D eigenvalue weighted by Gasteiger charge is 2.66. The predicted octanol–water partition coefficient (Wildman–Crippen LogP) is 6.42. The van der Waals surface area contributed by atoms with E-state index in [1.807, 2.05) is 12.1 Å². The highest BCUT2D eigenvalue weighted by molar-refractivity contribution is 9.10. The van der Waals surface area contributed by atoms with Gasteiger partial charge in [0, 0.05) is 54.0 Å². The molecule has 4 aromatic rings.